The molecule has 3 aromatic rings. The third-order valence-electron chi connectivity index (χ3n) is 5.67. The first-order valence-corrected chi connectivity index (χ1v) is 9.71. The highest BCUT2D eigenvalue weighted by molar-refractivity contribution is 6.07. The van der Waals surface area contributed by atoms with E-state index in [1.807, 2.05) is 44.1 Å². The minimum atomic E-state index is 0.0400. The summed E-state index contributed by atoms with van der Waals surface area (Å²) in [4.78, 5) is 20.1. The second-order valence-corrected chi connectivity index (χ2v) is 7.50. The summed E-state index contributed by atoms with van der Waals surface area (Å²) in [5.41, 5.74) is 2.85. The zero-order chi connectivity index (χ0) is 19.0. The number of nitrogens with zero attached hydrogens (tertiary/aromatic N) is 4. The first kappa shape index (κ1) is 17.8. The summed E-state index contributed by atoms with van der Waals surface area (Å²) < 4.78 is 7.26. The number of carbonyl (C=O) groups excluding carboxylic acids is 1. The number of rotatable bonds is 3. The Morgan fingerprint density at radius 1 is 1.26 bits per heavy atom. The molecule has 3 heterocycles. The second kappa shape index (κ2) is 7.18. The molecule has 0 aromatic carbocycles. The van der Waals surface area contributed by atoms with E-state index in [-0.39, 0.29) is 5.91 Å². The molecule has 27 heavy (non-hydrogen) atoms. The summed E-state index contributed by atoms with van der Waals surface area (Å²) >= 11 is 0. The number of aryl methyl sites for hydroxylation is 2. The van der Waals surface area contributed by atoms with Crippen LogP contribution in [0.25, 0.3) is 22.5 Å². The summed E-state index contributed by atoms with van der Waals surface area (Å²) in [6, 6.07) is 5.84. The van der Waals surface area contributed by atoms with E-state index in [1.54, 1.807) is 10.9 Å². The van der Waals surface area contributed by atoms with Crippen molar-refractivity contribution >= 4 is 16.9 Å². The maximum atomic E-state index is 13.5. The van der Waals surface area contributed by atoms with Gasteiger partial charge >= 0.3 is 0 Å². The highest BCUT2D eigenvalue weighted by Crippen LogP contribution is 2.29. The summed E-state index contributed by atoms with van der Waals surface area (Å²) in [7, 11) is 3.79. The van der Waals surface area contributed by atoms with Crippen molar-refractivity contribution in [2.45, 2.75) is 51.5 Å². The summed E-state index contributed by atoms with van der Waals surface area (Å²) in [6.45, 7) is 1.93. The molecule has 6 heteroatoms. The van der Waals surface area contributed by atoms with E-state index in [2.05, 4.69) is 5.10 Å². The molecule has 1 fully saturated rings. The second-order valence-electron chi connectivity index (χ2n) is 7.50. The fourth-order valence-electron chi connectivity index (χ4n) is 4.16. The van der Waals surface area contributed by atoms with E-state index in [4.69, 9.17) is 9.40 Å². The molecular weight excluding hydrogens is 340 g/mol. The lowest BCUT2D eigenvalue weighted by Gasteiger charge is -2.27. The average Bonchev–Trinajstić information content (AvgIpc) is 3.20. The van der Waals surface area contributed by atoms with E-state index >= 15 is 0 Å². The van der Waals surface area contributed by atoms with Gasteiger partial charge in [0.05, 0.1) is 22.9 Å². The van der Waals surface area contributed by atoms with Crippen molar-refractivity contribution in [2.75, 3.05) is 7.05 Å². The molecule has 1 saturated carbocycles. The van der Waals surface area contributed by atoms with Crippen LogP contribution in [0, 0.1) is 6.92 Å². The molecule has 1 aliphatic rings. The van der Waals surface area contributed by atoms with E-state index in [0.717, 1.165) is 23.9 Å². The van der Waals surface area contributed by atoms with Crippen LogP contribution in [-0.2, 0) is 7.05 Å². The molecule has 0 spiro atoms. The number of fused-ring (bicyclic) bond motifs is 1. The number of amides is 1. The van der Waals surface area contributed by atoms with Gasteiger partial charge < -0.3 is 9.32 Å². The molecule has 0 aliphatic heterocycles. The summed E-state index contributed by atoms with van der Waals surface area (Å²) in [5, 5.41) is 5.33. The Hall–Kier alpha value is -2.63. The minimum absolute atomic E-state index is 0.0400. The predicted molar refractivity (Wildman–Crippen MR) is 105 cm³/mol. The van der Waals surface area contributed by atoms with Crippen LogP contribution in [0.1, 0.15) is 54.6 Å². The maximum Gasteiger partial charge on any atom is 0.254 e. The molecule has 0 bridgehead atoms. The molecule has 1 amide bonds. The van der Waals surface area contributed by atoms with Gasteiger partial charge in [0, 0.05) is 20.1 Å². The quantitative estimate of drug-likeness (QED) is 0.647. The molecule has 3 aromatic heterocycles. The van der Waals surface area contributed by atoms with E-state index in [1.165, 1.54) is 25.7 Å². The molecule has 0 radical (unpaired) electrons. The van der Waals surface area contributed by atoms with Crippen LogP contribution < -0.4 is 0 Å². The Morgan fingerprint density at radius 2 is 2.00 bits per heavy atom. The number of hydrogen-bond acceptors (Lipinski definition) is 4. The van der Waals surface area contributed by atoms with Gasteiger partial charge in [-0.05, 0) is 38.0 Å². The van der Waals surface area contributed by atoms with E-state index in [0.29, 0.717) is 28.7 Å². The number of carbonyl (C=O) groups is 1. The van der Waals surface area contributed by atoms with Crippen LogP contribution in [0.5, 0.6) is 0 Å². The topological polar surface area (TPSA) is 64.2 Å². The standard InChI is InChI=1S/C21H26N4O2/c1-14-19-16(21(26)24(2)15-9-6-4-5-7-10-15)13-17(18-11-8-12-27-18)22-20(19)25(3)23-14/h8,11-13,15H,4-7,9-10H2,1-3H3. The van der Waals surface area contributed by atoms with Crippen molar-refractivity contribution in [3.8, 4) is 11.5 Å². The number of furan rings is 1. The highest BCUT2D eigenvalue weighted by atomic mass is 16.3. The van der Waals surface area contributed by atoms with Gasteiger partial charge in [-0.2, -0.15) is 5.10 Å². The largest absolute Gasteiger partial charge is 0.463 e. The molecule has 1 aliphatic carbocycles. The number of hydrogen-bond donors (Lipinski definition) is 0. The third-order valence-corrected chi connectivity index (χ3v) is 5.67. The Balaban J connectivity index is 1.80. The SMILES string of the molecule is Cc1nn(C)c2nc(-c3ccco3)cc(C(=O)N(C)C3CCCCCC3)c12. The van der Waals surface area contributed by atoms with Crippen LogP contribution in [0.15, 0.2) is 28.9 Å². The van der Waals surface area contributed by atoms with Crippen molar-refractivity contribution in [3.05, 3.63) is 35.7 Å². The Bertz CT molecular complexity index is 950. The molecule has 0 atom stereocenters. The zero-order valence-electron chi connectivity index (χ0n) is 16.2. The molecule has 0 saturated heterocycles. The third kappa shape index (κ3) is 3.24. The Kier molecular flexibility index (Phi) is 4.72. The van der Waals surface area contributed by atoms with Gasteiger partial charge in [-0.1, -0.05) is 25.7 Å². The van der Waals surface area contributed by atoms with Crippen molar-refractivity contribution in [2.24, 2.45) is 7.05 Å². The number of pyridine rings is 1. The Morgan fingerprint density at radius 3 is 2.67 bits per heavy atom. The molecule has 0 unspecified atom stereocenters. The summed E-state index contributed by atoms with van der Waals surface area (Å²) in [5.74, 6) is 0.695. The van der Waals surface area contributed by atoms with Gasteiger partial charge in [0.15, 0.2) is 11.4 Å². The molecule has 0 N–H and O–H groups in total. The van der Waals surface area contributed by atoms with Gasteiger partial charge in [0.25, 0.3) is 5.91 Å². The average molecular weight is 366 g/mol. The van der Waals surface area contributed by atoms with Crippen molar-refractivity contribution in [3.63, 3.8) is 0 Å². The summed E-state index contributed by atoms with van der Waals surface area (Å²) in [6.07, 6.45) is 8.69. The first-order valence-electron chi connectivity index (χ1n) is 9.71. The van der Waals surface area contributed by atoms with Gasteiger partial charge in [-0.15, -0.1) is 0 Å². The minimum Gasteiger partial charge on any atom is -0.463 e. The van der Waals surface area contributed by atoms with Gasteiger partial charge in [-0.3, -0.25) is 9.48 Å². The lowest BCUT2D eigenvalue weighted by Crippen LogP contribution is -2.37. The smallest absolute Gasteiger partial charge is 0.254 e. The molecule has 6 nitrogen and oxygen atoms in total. The van der Waals surface area contributed by atoms with Crippen molar-refractivity contribution < 1.29 is 9.21 Å². The van der Waals surface area contributed by atoms with Gasteiger partial charge in [0.2, 0.25) is 0 Å². The van der Waals surface area contributed by atoms with E-state index in [9.17, 15) is 4.79 Å². The van der Waals surface area contributed by atoms with E-state index < -0.39 is 0 Å². The van der Waals surface area contributed by atoms with Crippen molar-refractivity contribution in [1.29, 1.82) is 0 Å². The monoisotopic (exact) mass is 366 g/mol. The predicted octanol–water partition coefficient (Wildman–Crippen LogP) is 4.33. The maximum absolute atomic E-state index is 13.5. The van der Waals surface area contributed by atoms with Crippen LogP contribution in [0.3, 0.4) is 0 Å². The highest BCUT2D eigenvalue weighted by Gasteiger charge is 2.26. The van der Waals surface area contributed by atoms with Crippen LogP contribution >= 0.6 is 0 Å². The molecule has 142 valence electrons. The van der Waals surface area contributed by atoms with Crippen LogP contribution in [0.2, 0.25) is 0 Å². The van der Waals surface area contributed by atoms with Crippen LogP contribution in [-0.4, -0.2) is 38.7 Å². The molecular formula is C21H26N4O2. The number of aromatic nitrogens is 3. The molecule has 4 rings (SSSR count). The lowest BCUT2D eigenvalue weighted by atomic mass is 10.0. The fourth-order valence-corrected chi connectivity index (χ4v) is 4.16. The Labute approximate surface area is 159 Å². The fraction of sp³-hybridized carbons (Fsp3) is 0.476. The first-order chi connectivity index (χ1) is 13.1. The van der Waals surface area contributed by atoms with Gasteiger partial charge in [0.1, 0.15) is 5.69 Å². The van der Waals surface area contributed by atoms with Gasteiger partial charge in [-0.25, -0.2) is 4.98 Å². The van der Waals surface area contributed by atoms with Crippen molar-refractivity contribution in [1.82, 2.24) is 19.7 Å². The lowest BCUT2D eigenvalue weighted by molar-refractivity contribution is 0.0719. The van der Waals surface area contributed by atoms with Crippen LogP contribution in [0.4, 0.5) is 0 Å². The zero-order valence-corrected chi connectivity index (χ0v) is 16.2. The normalized spacial score (nSPS) is 15.8.